The first-order chi connectivity index (χ1) is 11.0. The van der Waals surface area contributed by atoms with Crippen LogP contribution < -0.4 is 5.32 Å². The molecule has 2 rings (SSSR count). The molecule has 1 aliphatic heterocycles. The lowest BCUT2D eigenvalue weighted by Crippen LogP contribution is -2.45. The summed E-state index contributed by atoms with van der Waals surface area (Å²) in [6.45, 7) is 3.46. The molecule has 1 saturated heterocycles. The first-order valence-corrected chi connectivity index (χ1v) is 8.02. The second kappa shape index (κ2) is 8.15. The number of amides is 2. The molecular formula is C16H20ClFN2O3. The van der Waals surface area contributed by atoms with Gasteiger partial charge in [-0.05, 0) is 37.5 Å². The van der Waals surface area contributed by atoms with Crippen LogP contribution >= 0.6 is 11.6 Å². The highest BCUT2D eigenvalue weighted by Gasteiger charge is 2.28. The Bertz CT molecular complexity index is 574. The van der Waals surface area contributed by atoms with E-state index in [1.54, 1.807) is 17.9 Å². The number of ether oxygens (including phenoxy) is 1. The van der Waals surface area contributed by atoms with Crippen molar-refractivity contribution >= 4 is 23.6 Å². The third-order valence-electron chi connectivity index (χ3n) is 3.83. The van der Waals surface area contributed by atoms with Gasteiger partial charge < -0.3 is 15.0 Å². The van der Waals surface area contributed by atoms with Crippen LogP contribution in [0, 0.1) is 11.7 Å². The predicted molar refractivity (Wildman–Crippen MR) is 84.6 cm³/mol. The topological polar surface area (TPSA) is 58.6 Å². The van der Waals surface area contributed by atoms with Crippen LogP contribution in [0.2, 0.25) is 5.02 Å². The van der Waals surface area contributed by atoms with E-state index in [4.69, 9.17) is 16.3 Å². The molecule has 5 nitrogen and oxygen atoms in total. The Hall–Kier alpha value is -1.82. The highest BCUT2D eigenvalue weighted by atomic mass is 35.5. The lowest BCUT2D eigenvalue weighted by molar-refractivity contribution is -0.149. The van der Waals surface area contributed by atoms with Gasteiger partial charge in [0.05, 0.1) is 17.5 Å². The van der Waals surface area contributed by atoms with Crippen molar-refractivity contribution < 1.29 is 18.7 Å². The first kappa shape index (κ1) is 17.5. The van der Waals surface area contributed by atoms with Gasteiger partial charge in [0.25, 0.3) is 0 Å². The Morgan fingerprint density at radius 2 is 2.09 bits per heavy atom. The highest BCUT2D eigenvalue weighted by molar-refractivity contribution is 6.30. The van der Waals surface area contributed by atoms with Crippen LogP contribution in [0.25, 0.3) is 0 Å². The largest absolute Gasteiger partial charge is 0.466 e. The number of urea groups is 1. The van der Waals surface area contributed by atoms with Gasteiger partial charge in [-0.2, -0.15) is 0 Å². The van der Waals surface area contributed by atoms with Crippen LogP contribution in [0.5, 0.6) is 0 Å². The molecule has 1 heterocycles. The predicted octanol–water partition coefficient (Wildman–Crippen LogP) is 2.96. The number of benzene rings is 1. The summed E-state index contributed by atoms with van der Waals surface area (Å²) < 4.78 is 18.1. The molecule has 1 N–H and O–H groups in total. The molecule has 1 aromatic carbocycles. The van der Waals surface area contributed by atoms with E-state index in [2.05, 4.69) is 5.32 Å². The van der Waals surface area contributed by atoms with Gasteiger partial charge in [0, 0.05) is 19.6 Å². The fraction of sp³-hybridized carbons (Fsp3) is 0.500. The van der Waals surface area contributed by atoms with Gasteiger partial charge in [-0.3, -0.25) is 4.79 Å². The lowest BCUT2D eigenvalue weighted by atomic mass is 9.97. The maximum Gasteiger partial charge on any atom is 0.317 e. The Kier molecular flexibility index (Phi) is 6.21. The molecule has 23 heavy (non-hydrogen) atoms. The number of carbonyl (C=O) groups is 2. The van der Waals surface area contributed by atoms with Crippen molar-refractivity contribution in [2.24, 2.45) is 5.92 Å². The zero-order valence-corrected chi connectivity index (χ0v) is 13.7. The van der Waals surface area contributed by atoms with Crippen molar-refractivity contribution in [3.05, 3.63) is 34.6 Å². The molecular weight excluding hydrogens is 323 g/mol. The second-order valence-corrected chi connectivity index (χ2v) is 5.83. The smallest absolute Gasteiger partial charge is 0.317 e. The summed E-state index contributed by atoms with van der Waals surface area (Å²) >= 11 is 5.71. The Morgan fingerprint density at radius 1 is 1.39 bits per heavy atom. The summed E-state index contributed by atoms with van der Waals surface area (Å²) in [4.78, 5) is 25.4. The number of likely N-dealkylation sites (tertiary alicyclic amines) is 1. The van der Waals surface area contributed by atoms with E-state index in [1.807, 2.05) is 0 Å². The fourth-order valence-electron chi connectivity index (χ4n) is 2.52. The molecule has 0 aliphatic carbocycles. The summed E-state index contributed by atoms with van der Waals surface area (Å²) in [6.07, 6.45) is 1.21. The zero-order chi connectivity index (χ0) is 16.8. The third-order valence-corrected chi connectivity index (χ3v) is 4.12. The van der Waals surface area contributed by atoms with Crippen molar-refractivity contribution in [1.29, 1.82) is 0 Å². The van der Waals surface area contributed by atoms with Crippen LogP contribution in [0.3, 0.4) is 0 Å². The molecule has 0 bridgehead atoms. The highest BCUT2D eigenvalue weighted by Crippen LogP contribution is 2.19. The average molecular weight is 343 g/mol. The minimum Gasteiger partial charge on any atom is -0.466 e. The number of nitrogens with zero attached hydrogens (tertiary/aromatic N) is 1. The standard InChI is InChI=1S/C16H20ClFN2O3/c1-2-23-15(21)12-5-7-20(8-6-12)16(22)19-10-11-3-4-14(18)13(17)9-11/h3-4,9,12H,2,5-8,10H2,1H3,(H,19,22). The van der Waals surface area contributed by atoms with E-state index in [-0.39, 0.29) is 29.5 Å². The van der Waals surface area contributed by atoms with E-state index in [0.29, 0.717) is 32.5 Å². The summed E-state index contributed by atoms with van der Waals surface area (Å²) in [5.41, 5.74) is 0.728. The monoisotopic (exact) mass is 342 g/mol. The summed E-state index contributed by atoms with van der Waals surface area (Å²) in [5.74, 6) is -0.800. The number of hydrogen-bond acceptors (Lipinski definition) is 3. The molecule has 7 heteroatoms. The van der Waals surface area contributed by atoms with Crippen molar-refractivity contribution in [3.8, 4) is 0 Å². The van der Waals surface area contributed by atoms with Gasteiger partial charge in [-0.25, -0.2) is 9.18 Å². The summed E-state index contributed by atoms with van der Waals surface area (Å²) in [5, 5.41) is 2.81. The normalized spacial score (nSPS) is 15.3. The lowest BCUT2D eigenvalue weighted by Gasteiger charge is -2.30. The first-order valence-electron chi connectivity index (χ1n) is 7.64. The molecule has 0 radical (unpaired) electrons. The van der Waals surface area contributed by atoms with Gasteiger partial charge in [0.1, 0.15) is 5.82 Å². The third kappa shape index (κ3) is 4.82. The Morgan fingerprint density at radius 3 is 2.70 bits per heavy atom. The quantitative estimate of drug-likeness (QED) is 0.856. The molecule has 0 unspecified atom stereocenters. The number of rotatable bonds is 4. The zero-order valence-electron chi connectivity index (χ0n) is 13.0. The molecule has 0 atom stereocenters. The minimum atomic E-state index is -0.484. The Balaban J connectivity index is 1.79. The molecule has 0 spiro atoms. The van der Waals surface area contributed by atoms with E-state index < -0.39 is 5.82 Å². The molecule has 2 amide bonds. The summed E-state index contributed by atoms with van der Waals surface area (Å²) in [7, 11) is 0. The van der Waals surface area contributed by atoms with Crippen LogP contribution in [-0.4, -0.2) is 36.6 Å². The van der Waals surface area contributed by atoms with Crippen LogP contribution in [-0.2, 0) is 16.1 Å². The van der Waals surface area contributed by atoms with Gasteiger partial charge in [-0.1, -0.05) is 17.7 Å². The number of hydrogen-bond donors (Lipinski definition) is 1. The number of carbonyl (C=O) groups excluding carboxylic acids is 2. The van der Waals surface area contributed by atoms with Crippen molar-refractivity contribution in [2.45, 2.75) is 26.3 Å². The van der Waals surface area contributed by atoms with E-state index in [1.165, 1.54) is 12.1 Å². The number of esters is 1. The maximum absolute atomic E-state index is 13.1. The molecule has 0 aromatic heterocycles. The minimum absolute atomic E-state index is 0.0343. The van der Waals surface area contributed by atoms with Gasteiger partial charge in [0.15, 0.2) is 0 Å². The molecule has 1 aliphatic rings. The van der Waals surface area contributed by atoms with Gasteiger partial charge >= 0.3 is 12.0 Å². The van der Waals surface area contributed by atoms with Crippen LogP contribution in [0.4, 0.5) is 9.18 Å². The van der Waals surface area contributed by atoms with E-state index in [9.17, 15) is 14.0 Å². The number of nitrogens with one attached hydrogen (secondary N) is 1. The molecule has 0 saturated carbocycles. The second-order valence-electron chi connectivity index (χ2n) is 5.42. The Labute approximate surface area is 139 Å². The maximum atomic E-state index is 13.1. The van der Waals surface area contributed by atoms with Crippen molar-refractivity contribution in [1.82, 2.24) is 10.2 Å². The molecule has 1 fully saturated rings. The number of halogens is 2. The van der Waals surface area contributed by atoms with Gasteiger partial charge in [-0.15, -0.1) is 0 Å². The molecule has 126 valence electrons. The molecule has 1 aromatic rings. The van der Waals surface area contributed by atoms with Crippen LogP contribution in [0.15, 0.2) is 18.2 Å². The van der Waals surface area contributed by atoms with Crippen molar-refractivity contribution in [3.63, 3.8) is 0 Å². The van der Waals surface area contributed by atoms with Gasteiger partial charge in [0.2, 0.25) is 0 Å². The van der Waals surface area contributed by atoms with E-state index >= 15 is 0 Å². The summed E-state index contributed by atoms with van der Waals surface area (Å²) in [6, 6.07) is 4.14. The number of piperidine rings is 1. The fourth-order valence-corrected chi connectivity index (χ4v) is 2.72. The van der Waals surface area contributed by atoms with Crippen LogP contribution in [0.1, 0.15) is 25.3 Å². The SMILES string of the molecule is CCOC(=O)C1CCN(C(=O)NCc2ccc(F)c(Cl)c2)CC1. The van der Waals surface area contributed by atoms with Crippen molar-refractivity contribution in [2.75, 3.05) is 19.7 Å². The average Bonchev–Trinajstić information content (AvgIpc) is 2.56. The van der Waals surface area contributed by atoms with E-state index in [0.717, 1.165) is 5.56 Å².